The molecule has 0 radical (unpaired) electrons. The van der Waals surface area contributed by atoms with Crippen LogP contribution in [0.1, 0.15) is 12.5 Å². The molecule has 0 spiro atoms. The summed E-state index contributed by atoms with van der Waals surface area (Å²) in [7, 11) is 0. The molecule has 0 saturated heterocycles. The highest BCUT2D eigenvalue weighted by Gasteiger charge is 2.12. The zero-order valence-electron chi connectivity index (χ0n) is 14.7. The van der Waals surface area contributed by atoms with Gasteiger partial charge in [-0.15, -0.1) is 10.2 Å². The molecule has 1 amide bonds. The second-order valence-electron chi connectivity index (χ2n) is 5.55. The van der Waals surface area contributed by atoms with Crippen molar-refractivity contribution in [1.82, 2.24) is 14.9 Å². The molecule has 27 heavy (non-hydrogen) atoms. The van der Waals surface area contributed by atoms with Crippen LogP contribution in [0.5, 0.6) is 0 Å². The Hall–Kier alpha value is -3.33. The number of nitrogens with two attached hydrogens (primary N) is 1. The molecule has 4 N–H and O–H groups in total. The number of hydrogen-bond donors (Lipinski definition) is 3. The molecule has 2 aromatic carbocycles. The van der Waals surface area contributed by atoms with E-state index in [9.17, 15) is 4.79 Å². The Morgan fingerprint density at radius 3 is 2.48 bits per heavy atom. The first-order valence-corrected chi connectivity index (χ1v) is 9.16. The van der Waals surface area contributed by atoms with Crippen LogP contribution in [0.25, 0.3) is 0 Å². The van der Waals surface area contributed by atoms with Gasteiger partial charge in [0.05, 0.1) is 11.5 Å². The van der Waals surface area contributed by atoms with E-state index in [-0.39, 0.29) is 17.6 Å². The van der Waals surface area contributed by atoms with Gasteiger partial charge in [-0.1, -0.05) is 60.3 Å². The number of nitrogens with one attached hydrogen (secondary N) is 2. The Kier molecular flexibility index (Phi) is 6.06. The number of thioether (sulfide) groups is 1. The monoisotopic (exact) mass is 381 g/mol. The highest BCUT2D eigenvalue weighted by molar-refractivity contribution is 7.99. The fourth-order valence-electron chi connectivity index (χ4n) is 2.18. The van der Waals surface area contributed by atoms with Crippen LogP contribution in [0.2, 0.25) is 0 Å². The molecule has 0 aliphatic carbocycles. The Balaban J connectivity index is 1.56. The fourth-order valence-corrected chi connectivity index (χ4v) is 2.83. The largest absolute Gasteiger partial charge is 0.334 e. The first-order valence-electron chi connectivity index (χ1n) is 8.17. The van der Waals surface area contributed by atoms with Gasteiger partial charge in [0.25, 0.3) is 5.95 Å². The van der Waals surface area contributed by atoms with Crippen molar-refractivity contribution >= 4 is 35.0 Å². The van der Waals surface area contributed by atoms with Crippen LogP contribution in [0, 0.1) is 0 Å². The van der Waals surface area contributed by atoms with Crippen LogP contribution >= 0.6 is 11.8 Å². The third-order valence-electron chi connectivity index (χ3n) is 3.57. The number of nitrogen functional groups attached to an aromatic ring is 1. The summed E-state index contributed by atoms with van der Waals surface area (Å²) >= 11 is 1.19. The predicted octanol–water partition coefficient (Wildman–Crippen LogP) is 2.56. The van der Waals surface area contributed by atoms with Crippen molar-refractivity contribution in [3.05, 3.63) is 66.2 Å². The van der Waals surface area contributed by atoms with E-state index >= 15 is 0 Å². The average Bonchev–Trinajstić information content (AvgIpc) is 3.05. The Labute approximate surface area is 160 Å². The molecule has 8 nitrogen and oxygen atoms in total. The van der Waals surface area contributed by atoms with E-state index in [0.29, 0.717) is 5.16 Å². The zero-order chi connectivity index (χ0) is 19.1. The summed E-state index contributed by atoms with van der Waals surface area (Å²) in [6, 6.07) is 19.0. The number of rotatable bonds is 7. The molecular weight excluding hydrogens is 362 g/mol. The minimum absolute atomic E-state index is 0.151. The van der Waals surface area contributed by atoms with Crippen LogP contribution in [0.15, 0.2) is 70.9 Å². The molecule has 1 aromatic heterocycles. The molecule has 3 aromatic rings. The molecule has 0 atom stereocenters. The lowest BCUT2D eigenvalue weighted by molar-refractivity contribution is -0.113. The lowest BCUT2D eigenvalue weighted by Gasteiger charge is -2.05. The van der Waals surface area contributed by atoms with Crippen molar-refractivity contribution in [2.24, 2.45) is 5.10 Å². The highest BCUT2D eigenvalue weighted by Crippen LogP contribution is 2.17. The van der Waals surface area contributed by atoms with E-state index in [2.05, 4.69) is 26.0 Å². The predicted molar refractivity (Wildman–Crippen MR) is 108 cm³/mol. The summed E-state index contributed by atoms with van der Waals surface area (Å²) in [6.45, 7) is 1.88. The summed E-state index contributed by atoms with van der Waals surface area (Å²) in [6.07, 6.45) is 0. The van der Waals surface area contributed by atoms with Gasteiger partial charge < -0.3 is 11.2 Å². The first-order chi connectivity index (χ1) is 13.1. The molecule has 0 aliphatic rings. The van der Waals surface area contributed by atoms with E-state index in [0.717, 1.165) is 17.0 Å². The number of hydrogen-bond acceptors (Lipinski definition) is 7. The summed E-state index contributed by atoms with van der Waals surface area (Å²) in [5.74, 6) is 6.27. The van der Waals surface area contributed by atoms with Crippen LogP contribution in [0.3, 0.4) is 0 Å². The van der Waals surface area contributed by atoms with Crippen molar-refractivity contribution in [2.75, 3.05) is 22.3 Å². The Bertz CT molecular complexity index is 925. The summed E-state index contributed by atoms with van der Waals surface area (Å²) in [5, 5.41) is 15.4. The van der Waals surface area contributed by atoms with Crippen molar-refractivity contribution in [3.8, 4) is 0 Å². The third-order valence-corrected chi connectivity index (χ3v) is 4.51. The van der Waals surface area contributed by atoms with Gasteiger partial charge in [-0.2, -0.15) is 5.10 Å². The number of amides is 1. The molecule has 9 heteroatoms. The van der Waals surface area contributed by atoms with Gasteiger partial charge in [0.1, 0.15) is 0 Å². The smallest absolute Gasteiger partial charge is 0.264 e. The van der Waals surface area contributed by atoms with Crippen molar-refractivity contribution < 1.29 is 4.79 Å². The molecular formula is C18H19N7OS. The normalized spacial score (nSPS) is 11.2. The van der Waals surface area contributed by atoms with Gasteiger partial charge >= 0.3 is 0 Å². The maximum atomic E-state index is 12.0. The zero-order valence-corrected chi connectivity index (χ0v) is 15.5. The second-order valence-corrected chi connectivity index (χ2v) is 6.50. The van der Waals surface area contributed by atoms with Crippen LogP contribution in [0.4, 0.5) is 11.6 Å². The molecule has 0 fully saturated rings. The average molecular weight is 381 g/mol. The first kappa shape index (κ1) is 18.5. The van der Waals surface area contributed by atoms with Crippen LogP contribution < -0.4 is 16.6 Å². The van der Waals surface area contributed by atoms with Gasteiger partial charge in [-0.25, -0.2) is 10.1 Å². The van der Waals surface area contributed by atoms with E-state index < -0.39 is 0 Å². The highest BCUT2D eigenvalue weighted by atomic mass is 32.2. The summed E-state index contributed by atoms with van der Waals surface area (Å²) < 4.78 is 1.27. The summed E-state index contributed by atoms with van der Waals surface area (Å²) in [4.78, 5) is 12.0. The quantitative estimate of drug-likeness (QED) is 0.251. The van der Waals surface area contributed by atoms with Crippen molar-refractivity contribution in [2.45, 2.75) is 12.1 Å². The number of para-hydroxylation sites is 1. The van der Waals surface area contributed by atoms with Gasteiger partial charge in [0, 0.05) is 5.69 Å². The molecule has 0 saturated carbocycles. The minimum Gasteiger partial charge on any atom is -0.334 e. The van der Waals surface area contributed by atoms with E-state index in [1.807, 2.05) is 67.6 Å². The molecule has 0 bridgehead atoms. The van der Waals surface area contributed by atoms with E-state index in [1.54, 1.807) is 0 Å². The van der Waals surface area contributed by atoms with Crippen molar-refractivity contribution in [1.29, 1.82) is 0 Å². The maximum absolute atomic E-state index is 12.0. The van der Waals surface area contributed by atoms with Gasteiger partial charge in [0.2, 0.25) is 11.1 Å². The van der Waals surface area contributed by atoms with Gasteiger partial charge in [-0.3, -0.25) is 4.79 Å². The number of aromatic nitrogens is 3. The lowest BCUT2D eigenvalue weighted by atomic mass is 10.1. The molecule has 3 rings (SSSR count). The Morgan fingerprint density at radius 1 is 1.11 bits per heavy atom. The van der Waals surface area contributed by atoms with Gasteiger partial charge in [0.15, 0.2) is 0 Å². The number of nitrogens with zero attached hydrogens (tertiary/aromatic N) is 4. The third kappa shape index (κ3) is 5.08. The molecule has 0 unspecified atom stereocenters. The van der Waals surface area contributed by atoms with Crippen LogP contribution in [-0.4, -0.2) is 32.2 Å². The lowest BCUT2D eigenvalue weighted by Crippen LogP contribution is -2.17. The van der Waals surface area contributed by atoms with Crippen LogP contribution in [-0.2, 0) is 4.79 Å². The maximum Gasteiger partial charge on any atom is 0.264 e. The fraction of sp³-hybridized carbons (Fsp3) is 0.111. The number of carbonyl (C=O) groups is 1. The Morgan fingerprint density at radius 2 is 1.78 bits per heavy atom. The van der Waals surface area contributed by atoms with E-state index in [4.69, 9.17) is 5.84 Å². The van der Waals surface area contributed by atoms with E-state index in [1.165, 1.54) is 16.4 Å². The topological polar surface area (TPSA) is 110 Å². The molecule has 0 aliphatic heterocycles. The van der Waals surface area contributed by atoms with Crippen molar-refractivity contribution in [3.63, 3.8) is 0 Å². The molecule has 138 valence electrons. The van der Waals surface area contributed by atoms with Gasteiger partial charge in [-0.05, 0) is 24.6 Å². The second kappa shape index (κ2) is 8.86. The number of hydrazone groups is 1. The number of carbonyl (C=O) groups excluding carboxylic acids is 1. The number of benzene rings is 2. The standard InChI is InChI=1S/C18H19N7OS/c1-13(14-8-4-2-5-9-14)21-22-17-23-24-18(25(17)19)27-12-16(26)20-15-10-6-3-7-11-15/h2-11H,12,19H2,1H3,(H,20,26)(H,22,23)/b21-13+. The minimum atomic E-state index is -0.151. The molecule has 1 heterocycles. The number of anilines is 2. The summed E-state index contributed by atoms with van der Waals surface area (Å²) in [5.41, 5.74) is 5.31. The SMILES string of the molecule is C/C(=N\Nc1nnc(SCC(=O)Nc2ccccc2)n1N)c1ccccc1.